The van der Waals surface area contributed by atoms with E-state index in [1.807, 2.05) is 0 Å². The van der Waals surface area contributed by atoms with Crippen LogP contribution in [0.5, 0.6) is 0 Å². The molecule has 3 aliphatic rings. The molecular weight excluding hydrogens is 189 g/mol. The standard InChI is InChI=1S/C11H15F3/c12-11(13,14)9-4-3-8-6-1-2-7(5-6)10(8)9/h6-10H,1-5H2. The molecule has 3 heteroatoms. The quantitative estimate of drug-likeness (QED) is 0.565. The third-order valence-electron chi connectivity index (χ3n) is 4.85. The summed E-state index contributed by atoms with van der Waals surface area (Å²) in [5.41, 5.74) is 0. The van der Waals surface area contributed by atoms with E-state index in [2.05, 4.69) is 0 Å². The van der Waals surface area contributed by atoms with Crippen LogP contribution in [0.2, 0.25) is 0 Å². The van der Waals surface area contributed by atoms with E-state index >= 15 is 0 Å². The zero-order chi connectivity index (χ0) is 9.92. The second-order valence-corrected chi connectivity index (χ2v) is 5.30. The molecule has 0 aromatic rings. The summed E-state index contributed by atoms with van der Waals surface area (Å²) in [5.74, 6) is 0.549. The molecule has 5 atom stereocenters. The van der Waals surface area contributed by atoms with Gasteiger partial charge in [0, 0.05) is 0 Å². The maximum atomic E-state index is 12.7. The van der Waals surface area contributed by atoms with Gasteiger partial charge in [0.2, 0.25) is 0 Å². The van der Waals surface area contributed by atoms with E-state index in [9.17, 15) is 13.2 Å². The fourth-order valence-corrected chi connectivity index (χ4v) is 4.46. The van der Waals surface area contributed by atoms with Crippen molar-refractivity contribution >= 4 is 0 Å². The Balaban J connectivity index is 1.86. The third-order valence-corrected chi connectivity index (χ3v) is 4.85. The molecule has 2 bridgehead atoms. The van der Waals surface area contributed by atoms with Crippen LogP contribution in [0.3, 0.4) is 0 Å². The van der Waals surface area contributed by atoms with Gasteiger partial charge < -0.3 is 0 Å². The monoisotopic (exact) mass is 204 g/mol. The van der Waals surface area contributed by atoms with Gasteiger partial charge in [-0.05, 0) is 55.8 Å². The highest BCUT2D eigenvalue weighted by atomic mass is 19.4. The van der Waals surface area contributed by atoms with Gasteiger partial charge in [-0.3, -0.25) is 0 Å². The highest BCUT2D eigenvalue weighted by molar-refractivity contribution is 5.03. The lowest BCUT2D eigenvalue weighted by atomic mass is 9.78. The molecule has 0 radical (unpaired) electrons. The Morgan fingerprint density at radius 1 is 0.857 bits per heavy atom. The summed E-state index contributed by atoms with van der Waals surface area (Å²) >= 11 is 0. The first kappa shape index (κ1) is 9.05. The second-order valence-electron chi connectivity index (χ2n) is 5.30. The largest absolute Gasteiger partial charge is 0.392 e. The number of halogens is 3. The highest BCUT2D eigenvalue weighted by Gasteiger charge is 2.59. The molecule has 0 aliphatic heterocycles. The Bertz CT molecular complexity index is 245. The van der Waals surface area contributed by atoms with Crippen molar-refractivity contribution in [1.82, 2.24) is 0 Å². The molecule has 80 valence electrons. The van der Waals surface area contributed by atoms with Crippen LogP contribution in [-0.4, -0.2) is 6.18 Å². The Morgan fingerprint density at radius 2 is 1.57 bits per heavy atom. The van der Waals surface area contributed by atoms with Gasteiger partial charge in [0.1, 0.15) is 0 Å². The molecule has 3 aliphatic carbocycles. The Morgan fingerprint density at radius 3 is 2.29 bits per heavy atom. The zero-order valence-corrected chi connectivity index (χ0v) is 8.06. The van der Waals surface area contributed by atoms with Crippen molar-refractivity contribution in [2.75, 3.05) is 0 Å². The maximum Gasteiger partial charge on any atom is 0.392 e. The van der Waals surface area contributed by atoms with Crippen LogP contribution in [0, 0.1) is 29.6 Å². The van der Waals surface area contributed by atoms with Crippen LogP contribution in [0.15, 0.2) is 0 Å². The van der Waals surface area contributed by atoms with Crippen LogP contribution in [0.1, 0.15) is 32.1 Å². The lowest BCUT2D eigenvalue weighted by Crippen LogP contribution is -2.31. The second kappa shape index (κ2) is 2.67. The zero-order valence-electron chi connectivity index (χ0n) is 8.06. The molecule has 0 heterocycles. The molecule has 3 saturated carbocycles. The average molecular weight is 204 g/mol. The first-order chi connectivity index (χ1) is 6.57. The molecule has 3 rings (SSSR count). The summed E-state index contributed by atoms with van der Waals surface area (Å²) in [4.78, 5) is 0. The number of fused-ring (bicyclic) bond motifs is 5. The molecule has 14 heavy (non-hydrogen) atoms. The number of alkyl halides is 3. The fourth-order valence-electron chi connectivity index (χ4n) is 4.46. The predicted molar refractivity (Wildman–Crippen MR) is 46.6 cm³/mol. The molecule has 0 saturated heterocycles. The SMILES string of the molecule is FC(F)(F)C1CCC2C3CCC(C3)C21. The van der Waals surface area contributed by atoms with Gasteiger partial charge in [0.15, 0.2) is 0 Å². The van der Waals surface area contributed by atoms with Crippen molar-refractivity contribution in [3.8, 4) is 0 Å². The van der Waals surface area contributed by atoms with Gasteiger partial charge >= 0.3 is 6.18 Å². The molecule has 3 fully saturated rings. The van der Waals surface area contributed by atoms with Gasteiger partial charge in [-0.25, -0.2) is 0 Å². The van der Waals surface area contributed by atoms with Crippen molar-refractivity contribution < 1.29 is 13.2 Å². The normalized spacial score (nSPS) is 51.2. The minimum Gasteiger partial charge on any atom is -0.171 e. The molecule has 0 nitrogen and oxygen atoms in total. The van der Waals surface area contributed by atoms with Crippen molar-refractivity contribution in [3.63, 3.8) is 0 Å². The first-order valence-corrected chi connectivity index (χ1v) is 5.64. The maximum absolute atomic E-state index is 12.7. The minimum atomic E-state index is -3.93. The number of rotatable bonds is 0. The van der Waals surface area contributed by atoms with Crippen LogP contribution in [0.4, 0.5) is 13.2 Å². The summed E-state index contributed by atoms with van der Waals surface area (Å²) in [5, 5.41) is 0. The van der Waals surface area contributed by atoms with Crippen LogP contribution in [0.25, 0.3) is 0 Å². The van der Waals surface area contributed by atoms with Crippen molar-refractivity contribution in [2.45, 2.75) is 38.3 Å². The Labute approximate surface area is 81.9 Å². The lowest BCUT2D eigenvalue weighted by molar-refractivity contribution is -0.189. The summed E-state index contributed by atoms with van der Waals surface area (Å²) in [6.45, 7) is 0. The van der Waals surface area contributed by atoms with E-state index in [1.54, 1.807) is 0 Å². The number of hydrogen-bond acceptors (Lipinski definition) is 0. The van der Waals surface area contributed by atoms with Crippen LogP contribution in [-0.2, 0) is 0 Å². The minimum absolute atomic E-state index is 0.00810. The van der Waals surface area contributed by atoms with E-state index in [4.69, 9.17) is 0 Å². The van der Waals surface area contributed by atoms with E-state index in [-0.39, 0.29) is 5.92 Å². The van der Waals surface area contributed by atoms with Gasteiger partial charge in [-0.1, -0.05) is 0 Å². The topological polar surface area (TPSA) is 0 Å². The predicted octanol–water partition coefficient (Wildman–Crippen LogP) is 3.62. The van der Waals surface area contributed by atoms with Gasteiger partial charge in [-0.15, -0.1) is 0 Å². The summed E-state index contributed by atoms with van der Waals surface area (Å²) in [6, 6.07) is 0. The molecule has 0 amide bonds. The number of hydrogen-bond donors (Lipinski definition) is 0. The van der Waals surface area contributed by atoms with E-state index < -0.39 is 12.1 Å². The highest BCUT2D eigenvalue weighted by Crippen LogP contribution is 2.63. The molecular formula is C11H15F3. The van der Waals surface area contributed by atoms with Gasteiger partial charge in [0.05, 0.1) is 5.92 Å². The molecule has 0 aromatic carbocycles. The first-order valence-electron chi connectivity index (χ1n) is 5.64. The molecule has 0 aromatic heterocycles. The summed E-state index contributed by atoms with van der Waals surface area (Å²) in [6.07, 6.45) is 0.697. The van der Waals surface area contributed by atoms with E-state index in [0.717, 1.165) is 19.3 Å². The van der Waals surface area contributed by atoms with E-state index in [0.29, 0.717) is 24.2 Å². The van der Waals surface area contributed by atoms with E-state index in [1.165, 1.54) is 6.42 Å². The van der Waals surface area contributed by atoms with Crippen molar-refractivity contribution in [2.24, 2.45) is 29.6 Å². The van der Waals surface area contributed by atoms with Gasteiger partial charge in [0.25, 0.3) is 0 Å². The van der Waals surface area contributed by atoms with Crippen LogP contribution >= 0.6 is 0 Å². The molecule has 0 spiro atoms. The smallest absolute Gasteiger partial charge is 0.171 e. The average Bonchev–Trinajstić information content (AvgIpc) is 2.74. The Hall–Kier alpha value is -0.210. The lowest BCUT2D eigenvalue weighted by Gasteiger charge is -2.30. The van der Waals surface area contributed by atoms with Crippen LogP contribution < -0.4 is 0 Å². The fraction of sp³-hybridized carbons (Fsp3) is 1.00. The molecule has 0 N–H and O–H groups in total. The van der Waals surface area contributed by atoms with Crippen molar-refractivity contribution in [1.29, 1.82) is 0 Å². The summed E-state index contributed by atoms with van der Waals surface area (Å²) in [7, 11) is 0. The Kier molecular flexibility index (Phi) is 1.73. The van der Waals surface area contributed by atoms with Gasteiger partial charge in [-0.2, -0.15) is 13.2 Å². The molecule has 5 unspecified atom stereocenters. The van der Waals surface area contributed by atoms with Crippen molar-refractivity contribution in [3.05, 3.63) is 0 Å². The third kappa shape index (κ3) is 1.07. The summed E-state index contributed by atoms with van der Waals surface area (Å²) < 4.78 is 38.2.